The molecule has 148 valence electrons. The fourth-order valence-electron chi connectivity index (χ4n) is 3.81. The van der Waals surface area contributed by atoms with E-state index >= 15 is 0 Å². The summed E-state index contributed by atoms with van der Waals surface area (Å²) in [6, 6.07) is 0.374. The van der Waals surface area contributed by atoms with Gasteiger partial charge in [-0.3, -0.25) is 0 Å². The maximum absolute atomic E-state index is 5.97. The van der Waals surface area contributed by atoms with Crippen LogP contribution in [-0.2, 0) is 9.31 Å². The zero-order valence-corrected chi connectivity index (χ0v) is 17.4. The van der Waals surface area contributed by atoms with Gasteiger partial charge in [0.1, 0.15) is 0 Å². The van der Waals surface area contributed by atoms with E-state index in [2.05, 4.69) is 19.2 Å². The average Bonchev–Trinajstić information content (AvgIpc) is 2.61. The summed E-state index contributed by atoms with van der Waals surface area (Å²) in [6.45, 7) is 8.23. The molecule has 0 amide bonds. The molecule has 1 aliphatic rings. The molecule has 1 saturated heterocycles. The molecule has 2 atom stereocenters. The molecule has 1 fully saturated rings. The standard InChI is InChI=1S/C21H44BNO2/c1-4-6-7-8-9-10-11-12-13-14-15-16-17-18-21-20(23-5-2)19-24-22(3)25-21/h20-21,23H,4-19H2,1-3H3. The largest absolute Gasteiger partial charge is 0.453 e. The lowest BCUT2D eigenvalue weighted by atomic mass is 9.89. The van der Waals surface area contributed by atoms with Crippen molar-refractivity contribution in [3.05, 3.63) is 0 Å². The number of hydrogen-bond acceptors (Lipinski definition) is 3. The van der Waals surface area contributed by atoms with Crippen molar-refractivity contribution in [2.24, 2.45) is 0 Å². The van der Waals surface area contributed by atoms with Gasteiger partial charge in [-0.05, 0) is 19.8 Å². The van der Waals surface area contributed by atoms with Gasteiger partial charge < -0.3 is 14.6 Å². The first-order valence-electron chi connectivity index (χ1n) is 11.3. The second-order valence-corrected chi connectivity index (χ2v) is 7.77. The molecule has 0 aliphatic carbocycles. The van der Waals surface area contributed by atoms with Gasteiger partial charge in [0, 0.05) is 6.61 Å². The van der Waals surface area contributed by atoms with Crippen LogP contribution in [0.5, 0.6) is 0 Å². The van der Waals surface area contributed by atoms with E-state index in [9.17, 15) is 0 Å². The third-order valence-electron chi connectivity index (χ3n) is 5.38. The fourth-order valence-corrected chi connectivity index (χ4v) is 3.81. The van der Waals surface area contributed by atoms with Gasteiger partial charge in [0.15, 0.2) is 0 Å². The van der Waals surface area contributed by atoms with E-state index in [4.69, 9.17) is 9.31 Å². The molecule has 0 bridgehead atoms. The highest BCUT2D eigenvalue weighted by Gasteiger charge is 2.31. The van der Waals surface area contributed by atoms with Crippen LogP contribution in [0.25, 0.3) is 0 Å². The van der Waals surface area contributed by atoms with Crippen LogP contribution in [0.15, 0.2) is 0 Å². The molecule has 1 rings (SSSR count). The molecule has 1 aliphatic heterocycles. The Morgan fingerprint density at radius 2 is 1.32 bits per heavy atom. The van der Waals surface area contributed by atoms with Crippen LogP contribution in [0, 0.1) is 0 Å². The van der Waals surface area contributed by atoms with Gasteiger partial charge in [-0.15, -0.1) is 0 Å². The summed E-state index contributed by atoms with van der Waals surface area (Å²) in [5.74, 6) is 0. The first-order chi connectivity index (χ1) is 12.3. The molecule has 0 aromatic heterocycles. The Morgan fingerprint density at radius 3 is 1.84 bits per heavy atom. The van der Waals surface area contributed by atoms with E-state index in [0.717, 1.165) is 13.2 Å². The summed E-state index contributed by atoms with van der Waals surface area (Å²) < 4.78 is 11.6. The normalized spacial score (nSPS) is 21.0. The molecule has 0 saturated carbocycles. The molecule has 4 heteroatoms. The van der Waals surface area contributed by atoms with E-state index in [1.165, 1.54) is 89.9 Å². The molecular formula is C21H44BNO2. The number of hydrogen-bond donors (Lipinski definition) is 1. The highest BCUT2D eigenvalue weighted by molar-refractivity contribution is 6.42. The van der Waals surface area contributed by atoms with Gasteiger partial charge in [-0.1, -0.05) is 97.3 Å². The van der Waals surface area contributed by atoms with E-state index in [-0.39, 0.29) is 7.12 Å². The smallest absolute Gasteiger partial charge is 0.410 e. The number of likely N-dealkylation sites (N-methyl/N-ethyl adjacent to an activating group) is 1. The van der Waals surface area contributed by atoms with Crippen LogP contribution in [0.4, 0.5) is 0 Å². The second kappa shape index (κ2) is 16.1. The number of unbranched alkanes of at least 4 members (excludes halogenated alkanes) is 12. The second-order valence-electron chi connectivity index (χ2n) is 7.77. The van der Waals surface area contributed by atoms with E-state index in [1.54, 1.807) is 0 Å². The van der Waals surface area contributed by atoms with Crippen LogP contribution in [0.2, 0.25) is 6.82 Å². The molecule has 1 heterocycles. The third-order valence-corrected chi connectivity index (χ3v) is 5.38. The minimum absolute atomic E-state index is 0.0399. The molecule has 0 spiro atoms. The lowest BCUT2D eigenvalue weighted by Crippen LogP contribution is -2.52. The monoisotopic (exact) mass is 353 g/mol. The van der Waals surface area contributed by atoms with Crippen LogP contribution < -0.4 is 5.32 Å². The summed E-state index contributed by atoms with van der Waals surface area (Å²) in [6.07, 6.45) is 19.9. The van der Waals surface area contributed by atoms with Crippen LogP contribution >= 0.6 is 0 Å². The summed E-state index contributed by atoms with van der Waals surface area (Å²) >= 11 is 0. The lowest BCUT2D eigenvalue weighted by Gasteiger charge is -2.35. The van der Waals surface area contributed by atoms with Crippen molar-refractivity contribution < 1.29 is 9.31 Å². The number of nitrogens with one attached hydrogen (secondary N) is 1. The van der Waals surface area contributed by atoms with Crippen molar-refractivity contribution in [2.45, 2.75) is 123 Å². The zero-order valence-electron chi connectivity index (χ0n) is 17.4. The van der Waals surface area contributed by atoms with Crippen molar-refractivity contribution in [1.29, 1.82) is 0 Å². The Balaban J connectivity index is 1.89. The molecule has 3 nitrogen and oxygen atoms in total. The van der Waals surface area contributed by atoms with Crippen LogP contribution in [0.3, 0.4) is 0 Å². The SMILES string of the molecule is CCCCCCCCCCCCCCCC1OB(C)OCC1NCC. The highest BCUT2D eigenvalue weighted by atomic mass is 16.6. The van der Waals surface area contributed by atoms with E-state index < -0.39 is 0 Å². The maximum atomic E-state index is 5.97. The molecule has 2 unspecified atom stereocenters. The summed E-state index contributed by atoms with van der Waals surface area (Å²) in [5.41, 5.74) is 0. The topological polar surface area (TPSA) is 30.5 Å². The van der Waals surface area contributed by atoms with Crippen molar-refractivity contribution in [3.63, 3.8) is 0 Å². The molecule has 0 aromatic rings. The Kier molecular flexibility index (Phi) is 14.8. The minimum atomic E-state index is -0.0399. The van der Waals surface area contributed by atoms with Crippen molar-refractivity contribution in [2.75, 3.05) is 13.2 Å². The Labute approximate surface area is 158 Å². The summed E-state index contributed by atoms with van der Waals surface area (Å²) in [4.78, 5) is 0. The lowest BCUT2D eigenvalue weighted by molar-refractivity contribution is 0.0306. The van der Waals surface area contributed by atoms with E-state index in [1.807, 2.05) is 6.82 Å². The molecule has 0 radical (unpaired) electrons. The third kappa shape index (κ3) is 12.0. The summed E-state index contributed by atoms with van der Waals surface area (Å²) in [5, 5.41) is 3.50. The van der Waals surface area contributed by atoms with Gasteiger partial charge in [0.25, 0.3) is 0 Å². The first-order valence-corrected chi connectivity index (χ1v) is 11.3. The van der Waals surface area contributed by atoms with Gasteiger partial charge in [-0.2, -0.15) is 0 Å². The molecule has 0 aromatic carbocycles. The first kappa shape index (κ1) is 23.0. The van der Waals surface area contributed by atoms with Crippen LogP contribution in [0.1, 0.15) is 104 Å². The Bertz CT molecular complexity index is 291. The van der Waals surface area contributed by atoms with Crippen molar-refractivity contribution in [1.82, 2.24) is 5.32 Å². The quantitative estimate of drug-likeness (QED) is 0.273. The van der Waals surface area contributed by atoms with Crippen molar-refractivity contribution >= 4 is 7.12 Å². The maximum Gasteiger partial charge on any atom is 0.453 e. The van der Waals surface area contributed by atoms with Crippen molar-refractivity contribution in [3.8, 4) is 0 Å². The minimum Gasteiger partial charge on any atom is -0.410 e. The summed E-state index contributed by atoms with van der Waals surface area (Å²) in [7, 11) is -0.0399. The zero-order chi connectivity index (χ0) is 18.2. The Hall–Kier alpha value is -0.0551. The van der Waals surface area contributed by atoms with Crippen LogP contribution in [-0.4, -0.2) is 32.4 Å². The molecule has 1 N–H and O–H groups in total. The highest BCUT2D eigenvalue weighted by Crippen LogP contribution is 2.18. The van der Waals surface area contributed by atoms with Gasteiger partial charge in [-0.25, -0.2) is 0 Å². The predicted molar refractivity (Wildman–Crippen MR) is 110 cm³/mol. The van der Waals surface area contributed by atoms with Gasteiger partial charge in [0.2, 0.25) is 0 Å². The fraction of sp³-hybridized carbons (Fsp3) is 1.00. The predicted octanol–water partition coefficient (Wildman–Crippen LogP) is 5.98. The van der Waals surface area contributed by atoms with Gasteiger partial charge >= 0.3 is 7.12 Å². The van der Waals surface area contributed by atoms with E-state index in [0.29, 0.717) is 12.1 Å². The molecule has 25 heavy (non-hydrogen) atoms. The van der Waals surface area contributed by atoms with Gasteiger partial charge in [0.05, 0.1) is 12.1 Å². The Morgan fingerprint density at radius 1 is 0.800 bits per heavy atom. The average molecular weight is 353 g/mol. The molecular weight excluding hydrogens is 309 g/mol. The number of rotatable bonds is 16.